The number of ether oxygens (including phenoxy) is 1. The first-order valence-electron chi connectivity index (χ1n) is 5.51. The van der Waals surface area contributed by atoms with Crippen LogP contribution in [0.15, 0.2) is 0 Å². The molecule has 0 amide bonds. The van der Waals surface area contributed by atoms with Gasteiger partial charge in [0.2, 0.25) is 0 Å². The molecule has 100 valence electrons. The zero-order valence-corrected chi connectivity index (χ0v) is 11.2. The van der Waals surface area contributed by atoms with E-state index in [1.807, 2.05) is 0 Å². The second-order valence-electron chi connectivity index (χ2n) is 5.00. The molecule has 1 saturated heterocycles. The highest BCUT2D eigenvalue weighted by molar-refractivity contribution is 7.87. The molecule has 0 aromatic carbocycles. The molecule has 1 unspecified atom stereocenters. The summed E-state index contributed by atoms with van der Waals surface area (Å²) in [6.07, 6.45) is 0.260. The van der Waals surface area contributed by atoms with E-state index in [2.05, 4.69) is 5.32 Å². The van der Waals surface area contributed by atoms with Gasteiger partial charge in [0, 0.05) is 6.54 Å². The normalized spacial score (nSPS) is 21.5. The molecular formula is C10H19NO5S. The van der Waals surface area contributed by atoms with Gasteiger partial charge in [0.1, 0.15) is 5.60 Å². The van der Waals surface area contributed by atoms with Gasteiger partial charge in [-0.3, -0.25) is 8.98 Å². The highest BCUT2D eigenvalue weighted by Gasteiger charge is 2.27. The van der Waals surface area contributed by atoms with Crippen molar-refractivity contribution in [2.75, 3.05) is 18.8 Å². The predicted octanol–water partition coefficient (Wildman–Crippen LogP) is 0.0364. The third-order valence-electron chi connectivity index (χ3n) is 2.01. The third kappa shape index (κ3) is 5.99. The molecule has 7 heteroatoms. The minimum Gasteiger partial charge on any atom is -0.459 e. The Morgan fingerprint density at radius 3 is 2.53 bits per heavy atom. The van der Waals surface area contributed by atoms with Crippen molar-refractivity contribution >= 4 is 16.1 Å². The summed E-state index contributed by atoms with van der Waals surface area (Å²) in [5, 5.41) is 2.98. The van der Waals surface area contributed by atoms with E-state index in [1.165, 1.54) is 0 Å². The summed E-state index contributed by atoms with van der Waals surface area (Å²) >= 11 is 0. The standard InChI is InChI=1S/C10H19NO5S/c1-10(2,3)15-9(12)7-17(13,14)16-8-4-5-11-6-8/h8,11H,4-7H2,1-3H3. The van der Waals surface area contributed by atoms with Gasteiger partial charge in [-0.05, 0) is 33.7 Å². The molecule has 17 heavy (non-hydrogen) atoms. The Morgan fingerprint density at radius 1 is 1.41 bits per heavy atom. The molecule has 1 rings (SSSR count). The summed E-state index contributed by atoms with van der Waals surface area (Å²) in [6, 6.07) is 0. The van der Waals surface area contributed by atoms with Gasteiger partial charge >= 0.3 is 5.97 Å². The number of nitrogens with one attached hydrogen (secondary N) is 1. The van der Waals surface area contributed by atoms with Gasteiger partial charge in [0.05, 0.1) is 6.10 Å². The lowest BCUT2D eigenvalue weighted by Gasteiger charge is -2.19. The smallest absolute Gasteiger partial charge is 0.324 e. The van der Waals surface area contributed by atoms with Crippen LogP contribution in [0.2, 0.25) is 0 Å². The van der Waals surface area contributed by atoms with Gasteiger partial charge in [-0.1, -0.05) is 0 Å². The monoisotopic (exact) mass is 265 g/mol. The Kier molecular flexibility index (Phi) is 4.51. The van der Waals surface area contributed by atoms with E-state index in [0.29, 0.717) is 13.0 Å². The molecule has 1 aliphatic heterocycles. The summed E-state index contributed by atoms with van der Waals surface area (Å²) in [4.78, 5) is 11.4. The van der Waals surface area contributed by atoms with Crippen LogP contribution in [0.5, 0.6) is 0 Å². The van der Waals surface area contributed by atoms with Crippen LogP contribution < -0.4 is 5.32 Å². The molecular weight excluding hydrogens is 246 g/mol. The van der Waals surface area contributed by atoms with Crippen molar-refractivity contribution in [2.24, 2.45) is 0 Å². The van der Waals surface area contributed by atoms with E-state index in [0.717, 1.165) is 6.54 Å². The van der Waals surface area contributed by atoms with Gasteiger partial charge in [-0.15, -0.1) is 0 Å². The summed E-state index contributed by atoms with van der Waals surface area (Å²) in [6.45, 7) is 6.26. The molecule has 0 radical (unpaired) electrons. The average molecular weight is 265 g/mol. The van der Waals surface area contributed by atoms with E-state index < -0.39 is 27.4 Å². The van der Waals surface area contributed by atoms with E-state index in [1.54, 1.807) is 20.8 Å². The van der Waals surface area contributed by atoms with Gasteiger partial charge in [-0.25, -0.2) is 0 Å². The maximum atomic E-state index is 11.5. The summed E-state index contributed by atoms with van der Waals surface area (Å²) in [7, 11) is -3.85. The SMILES string of the molecule is CC(C)(C)OC(=O)CS(=O)(=O)OC1CCNC1. The van der Waals surface area contributed by atoms with Crippen LogP contribution in [0.25, 0.3) is 0 Å². The molecule has 0 aromatic heterocycles. The lowest BCUT2D eigenvalue weighted by atomic mass is 10.2. The van der Waals surface area contributed by atoms with Crippen LogP contribution in [-0.4, -0.2) is 44.9 Å². The fourth-order valence-electron chi connectivity index (χ4n) is 1.47. The molecule has 1 aliphatic rings. The summed E-state index contributed by atoms with van der Waals surface area (Å²) < 4.78 is 32.9. The first-order valence-corrected chi connectivity index (χ1v) is 7.09. The fourth-order valence-corrected chi connectivity index (χ4v) is 2.46. The molecule has 0 bridgehead atoms. The summed E-state index contributed by atoms with van der Waals surface area (Å²) in [5.74, 6) is -1.52. The lowest BCUT2D eigenvalue weighted by molar-refractivity contribution is -0.151. The molecule has 0 aliphatic carbocycles. The highest BCUT2D eigenvalue weighted by Crippen LogP contribution is 2.11. The highest BCUT2D eigenvalue weighted by atomic mass is 32.2. The van der Waals surface area contributed by atoms with Gasteiger partial charge < -0.3 is 10.1 Å². The lowest BCUT2D eigenvalue weighted by Crippen LogP contribution is -2.31. The van der Waals surface area contributed by atoms with E-state index in [9.17, 15) is 13.2 Å². The molecule has 0 aromatic rings. The third-order valence-corrected chi connectivity index (χ3v) is 3.17. The van der Waals surface area contributed by atoms with E-state index in [4.69, 9.17) is 8.92 Å². The first-order chi connectivity index (χ1) is 7.68. The first kappa shape index (κ1) is 14.4. The van der Waals surface area contributed by atoms with Crippen LogP contribution in [0.1, 0.15) is 27.2 Å². The van der Waals surface area contributed by atoms with Crippen LogP contribution in [0.3, 0.4) is 0 Å². The molecule has 1 fully saturated rings. The van der Waals surface area contributed by atoms with Crippen LogP contribution in [0.4, 0.5) is 0 Å². The Hall–Kier alpha value is -0.660. The molecule has 0 saturated carbocycles. The Bertz CT molecular complexity index is 365. The number of hydrogen-bond donors (Lipinski definition) is 1. The van der Waals surface area contributed by atoms with Gasteiger partial charge in [0.25, 0.3) is 10.1 Å². The summed E-state index contributed by atoms with van der Waals surface area (Å²) in [5.41, 5.74) is -0.693. The Labute approximate surface area is 102 Å². The van der Waals surface area contributed by atoms with Gasteiger partial charge in [0.15, 0.2) is 5.75 Å². The van der Waals surface area contributed by atoms with Crippen molar-refractivity contribution in [2.45, 2.75) is 38.9 Å². The van der Waals surface area contributed by atoms with Crippen LogP contribution in [-0.2, 0) is 23.8 Å². The minimum atomic E-state index is -3.85. The minimum absolute atomic E-state index is 0.373. The quantitative estimate of drug-likeness (QED) is 0.571. The van der Waals surface area contributed by atoms with Crippen molar-refractivity contribution in [3.05, 3.63) is 0 Å². The van der Waals surface area contributed by atoms with Crippen molar-refractivity contribution < 1.29 is 22.1 Å². The van der Waals surface area contributed by atoms with E-state index in [-0.39, 0.29) is 6.10 Å². The largest absolute Gasteiger partial charge is 0.459 e. The maximum absolute atomic E-state index is 11.5. The molecule has 1 heterocycles. The van der Waals surface area contributed by atoms with Crippen molar-refractivity contribution in [1.82, 2.24) is 5.32 Å². The second-order valence-corrected chi connectivity index (χ2v) is 6.60. The van der Waals surface area contributed by atoms with Crippen molar-refractivity contribution in [1.29, 1.82) is 0 Å². The van der Waals surface area contributed by atoms with Crippen LogP contribution in [0, 0.1) is 0 Å². The number of carbonyl (C=O) groups is 1. The number of esters is 1. The Balaban J connectivity index is 2.45. The number of hydrogen-bond acceptors (Lipinski definition) is 6. The molecule has 1 N–H and O–H groups in total. The second kappa shape index (κ2) is 5.32. The molecule has 0 spiro atoms. The molecule has 6 nitrogen and oxygen atoms in total. The Morgan fingerprint density at radius 2 is 2.06 bits per heavy atom. The van der Waals surface area contributed by atoms with E-state index >= 15 is 0 Å². The average Bonchev–Trinajstić information content (AvgIpc) is 2.49. The van der Waals surface area contributed by atoms with Crippen LogP contribution >= 0.6 is 0 Å². The zero-order chi connectivity index (χ0) is 13.1. The predicted molar refractivity (Wildman–Crippen MR) is 62.0 cm³/mol. The van der Waals surface area contributed by atoms with Crippen molar-refractivity contribution in [3.8, 4) is 0 Å². The topological polar surface area (TPSA) is 81.7 Å². The van der Waals surface area contributed by atoms with Gasteiger partial charge in [-0.2, -0.15) is 8.42 Å². The zero-order valence-electron chi connectivity index (χ0n) is 10.4. The van der Waals surface area contributed by atoms with Crippen molar-refractivity contribution in [3.63, 3.8) is 0 Å². The molecule has 1 atom stereocenters. The number of carbonyl (C=O) groups excluding carboxylic acids is 1. The fraction of sp³-hybridized carbons (Fsp3) is 0.900. The maximum Gasteiger partial charge on any atom is 0.324 e. The number of rotatable bonds is 4.